The van der Waals surface area contributed by atoms with Gasteiger partial charge in [-0.3, -0.25) is 4.79 Å². The largest absolute Gasteiger partial charge is 0.395 e. The number of aliphatic hydroxyl groups excluding tert-OH is 1. The van der Waals surface area contributed by atoms with E-state index in [1.54, 1.807) is 0 Å². The maximum atomic E-state index is 12.4. The second kappa shape index (κ2) is 7.95. The SMILES string of the molecule is C=CCS(=O)(=O)C(C)C(=O)N(CCO)Cc1ccccc1. The first kappa shape index (κ1) is 17.4. The summed E-state index contributed by atoms with van der Waals surface area (Å²) in [5.74, 6) is -0.743. The van der Waals surface area contributed by atoms with Crippen LogP contribution in [0.15, 0.2) is 43.0 Å². The third-order valence-corrected chi connectivity index (χ3v) is 5.11. The van der Waals surface area contributed by atoms with Crippen LogP contribution < -0.4 is 0 Å². The molecular weight excluding hydrogens is 290 g/mol. The Morgan fingerprint density at radius 3 is 2.52 bits per heavy atom. The van der Waals surface area contributed by atoms with E-state index in [-0.39, 0.29) is 25.4 Å². The smallest absolute Gasteiger partial charge is 0.241 e. The number of benzene rings is 1. The van der Waals surface area contributed by atoms with Crippen LogP contribution in [-0.4, -0.2) is 48.5 Å². The van der Waals surface area contributed by atoms with Gasteiger partial charge < -0.3 is 10.0 Å². The van der Waals surface area contributed by atoms with Crippen molar-refractivity contribution in [3.63, 3.8) is 0 Å². The van der Waals surface area contributed by atoms with Gasteiger partial charge >= 0.3 is 0 Å². The summed E-state index contributed by atoms with van der Waals surface area (Å²) in [4.78, 5) is 13.7. The predicted molar refractivity (Wildman–Crippen MR) is 82.4 cm³/mol. The number of sulfone groups is 1. The van der Waals surface area contributed by atoms with E-state index in [4.69, 9.17) is 5.11 Å². The first-order valence-electron chi connectivity index (χ1n) is 6.68. The van der Waals surface area contributed by atoms with Crippen molar-refractivity contribution in [3.05, 3.63) is 48.6 Å². The number of aliphatic hydroxyl groups is 1. The maximum absolute atomic E-state index is 12.4. The van der Waals surface area contributed by atoms with Crippen molar-refractivity contribution >= 4 is 15.7 Å². The van der Waals surface area contributed by atoms with Crippen molar-refractivity contribution in [1.82, 2.24) is 4.90 Å². The Kier molecular flexibility index (Phi) is 6.58. The molecule has 6 heteroatoms. The van der Waals surface area contributed by atoms with Crippen LogP contribution in [0.3, 0.4) is 0 Å². The zero-order chi connectivity index (χ0) is 15.9. The maximum Gasteiger partial charge on any atom is 0.241 e. The minimum Gasteiger partial charge on any atom is -0.395 e. The minimum atomic E-state index is -3.56. The molecule has 0 saturated carbocycles. The standard InChI is InChI=1S/C15H21NO4S/c1-3-11-21(19,20)13(2)15(18)16(9-10-17)12-14-7-5-4-6-8-14/h3-8,13,17H,1,9-12H2,2H3. The highest BCUT2D eigenvalue weighted by atomic mass is 32.2. The molecule has 0 heterocycles. The Labute approximate surface area is 125 Å². The molecule has 0 aliphatic heterocycles. The summed E-state index contributed by atoms with van der Waals surface area (Å²) in [5.41, 5.74) is 0.882. The summed E-state index contributed by atoms with van der Waals surface area (Å²) < 4.78 is 23.9. The Hall–Kier alpha value is -1.66. The van der Waals surface area contributed by atoms with Gasteiger partial charge in [0.2, 0.25) is 5.91 Å². The van der Waals surface area contributed by atoms with E-state index in [0.717, 1.165) is 5.56 Å². The van der Waals surface area contributed by atoms with E-state index in [2.05, 4.69) is 6.58 Å². The average molecular weight is 311 g/mol. The van der Waals surface area contributed by atoms with Crippen molar-refractivity contribution in [3.8, 4) is 0 Å². The fourth-order valence-corrected chi connectivity index (χ4v) is 2.98. The van der Waals surface area contributed by atoms with Gasteiger partial charge in [0, 0.05) is 13.1 Å². The van der Waals surface area contributed by atoms with Crippen molar-refractivity contribution in [1.29, 1.82) is 0 Å². The monoisotopic (exact) mass is 311 g/mol. The van der Waals surface area contributed by atoms with Crippen molar-refractivity contribution in [2.45, 2.75) is 18.7 Å². The molecule has 0 bridgehead atoms. The highest BCUT2D eigenvalue weighted by Crippen LogP contribution is 2.11. The molecular formula is C15H21NO4S. The molecule has 0 aliphatic carbocycles. The molecule has 1 aromatic carbocycles. The Morgan fingerprint density at radius 1 is 1.38 bits per heavy atom. The molecule has 1 aromatic rings. The van der Waals surface area contributed by atoms with Gasteiger partial charge in [-0.15, -0.1) is 6.58 Å². The normalized spacial score (nSPS) is 12.7. The van der Waals surface area contributed by atoms with Crippen LogP contribution in [0.5, 0.6) is 0 Å². The van der Waals surface area contributed by atoms with Gasteiger partial charge in [-0.1, -0.05) is 36.4 Å². The lowest BCUT2D eigenvalue weighted by Crippen LogP contribution is -2.43. The number of rotatable bonds is 8. The zero-order valence-electron chi connectivity index (χ0n) is 12.1. The molecule has 1 rings (SSSR count). The van der Waals surface area contributed by atoms with Gasteiger partial charge in [-0.25, -0.2) is 8.42 Å². The van der Waals surface area contributed by atoms with Gasteiger partial charge in [0.15, 0.2) is 9.84 Å². The second-order valence-electron chi connectivity index (χ2n) is 4.73. The molecule has 0 spiro atoms. The lowest BCUT2D eigenvalue weighted by atomic mass is 10.2. The number of carbonyl (C=O) groups excluding carboxylic acids is 1. The summed E-state index contributed by atoms with van der Waals surface area (Å²) in [6.45, 7) is 4.92. The van der Waals surface area contributed by atoms with Crippen LogP contribution in [0.2, 0.25) is 0 Å². The summed E-state index contributed by atoms with van der Waals surface area (Å²) in [6.07, 6.45) is 1.27. The van der Waals surface area contributed by atoms with E-state index >= 15 is 0 Å². The lowest BCUT2D eigenvalue weighted by Gasteiger charge is -2.25. The van der Waals surface area contributed by atoms with E-state index in [9.17, 15) is 13.2 Å². The van der Waals surface area contributed by atoms with Gasteiger partial charge in [0.05, 0.1) is 12.4 Å². The van der Waals surface area contributed by atoms with Crippen LogP contribution in [0.25, 0.3) is 0 Å². The molecule has 1 N–H and O–H groups in total. The summed E-state index contributed by atoms with van der Waals surface area (Å²) in [7, 11) is -3.56. The highest BCUT2D eigenvalue weighted by Gasteiger charge is 2.30. The summed E-state index contributed by atoms with van der Waals surface area (Å²) in [6, 6.07) is 9.24. The second-order valence-corrected chi connectivity index (χ2v) is 7.10. The van der Waals surface area contributed by atoms with Gasteiger partial charge in [0.25, 0.3) is 0 Å². The van der Waals surface area contributed by atoms with E-state index in [1.165, 1.54) is 17.9 Å². The van der Waals surface area contributed by atoms with Crippen LogP contribution >= 0.6 is 0 Å². The Balaban J connectivity index is 2.89. The molecule has 1 atom stereocenters. The molecule has 0 aliphatic rings. The predicted octanol–water partition coefficient (Wildman–Crippen LogP) is 0.997. The van der Waals surface area contributed by atoms with Crippen LogP contribution in [0.1, 0.15) is 12.5 Å². The summed E-state index contributed by atoms with van der Waals surface area (Å²) >= 11 is 0. The molecule has 0 fully saturated rings. The van der Waals surface area contributed by atoms with Gasteiger partial charge in [-0.05, 0) is 12.5 Å². The van der Waals surface area contributed by atoms with E-state index < -0.39 is 21.0 Å². The fraction of sp³-hybridized carbons (Fsp3) is 0.400. The van der Waals surface area contributed by atoms with E-state index in [0.29, 0.717) is 0 Å². The number of nitrogens with zero attached hydrogens (tertiary/aromatic N) is 1. The number of carbonyl (C=O) groups is 1. The summed E-state index contributed by atoms with van der Waals surface area (Å²) in [5, 5.41) is 7.94. The molecule has 5 nitrogen and oxygen atoms in total. The zero-order valence-corrected chi connectivity index (χ0v) is 12.9. The van der Waals surface area contributed by atoms with Crippen molar-refractivity contribution in [2.24, 2.45) is 0 Å². The van der Waals surface area contributed by atoms with Crippen molar-refractivity contribution < 1.29 is 18.3 Å². The number of amides is 1. The first-order valence-corrected chi connectivity index (χ1v) is 8.40. The van der Waals surface area contributed by atoms with Crippen LogP contribution in [0, 0.1) is 0 Å². The third kappa shape index (κ3) is 4.99. The molecule has 0 aromatic heterocycles. The molecule has 0 radical (unpaired) electrons. The Morgan fingerprint density at radius 2 is 2.00 bits per heavy atom. The number of hydrogen-bond acceptors (Lipinski definition) is 4. The highest BCUT2D eigenvalue weighted by molar-refractivity contribution is 7.92. The molecule has 1 unspecified atom stereocenters. The van der Waals surface area contributed by atoms with Gasteiger partial charge in [-0.2, -0.15) is 0 Å². The third-order valence-electron chi connectivity index (χ3n) is 3.13. The minimum absolute atomic E-state index is 0.0989. The topological polar surface area (TPSA) is 74.7 Å². The molecule has 1 amide bonds. The number of hydrogen-bond donors (Lipinski definition) is 1. The molecule has 0 saturated heterocycles. The molecule has 116 valence electrons. The van der Waals surface area contributed by atoms with Crippen LogP contribution in [-0.2, 0) is 21.2 Å². The van der Waals surface area contributed by atoms with Gasteiger partial charge in [0.1, 0.15) is 5.25 Å². The Bertz CT molecular complexity index is 569. The average Bonchev–Trinajstić information content (AvgIpc) is 2.46. The van der Waals surface area contributed by atoms with E-state index in [1.807, 2.05) is 30.3 Å². The van der Waals surface area contributed by atoms with Crippen LogP contribution in [0.4, 0.5) is 0 Å². The lowest BCUT2D eigenvalue weighted by molar-refractivity contribution is -0.131. The molecule has 21 heavy (non-hydrogen) atoms. The first-order chi connectivity index (χ1) is 9.92. The fourth-order valence-electron chi connectivity index (χ4n) is 1.91. The van der Waals surface area contributed by atoms with Crippen molar-refractivity contribution in [2.75, 3.05) is 18.9 Å². The quantitative estimate of drug-likeness (QED) is 0.727.